The van der Waals surface area contributed by atoms with E-state index in [1.165, 1.54) is 33.4 Å². The van der Waals surface area contributed by atoms with Crippen LogP contribution in [0.5, 0.6) is 11.5 Å². The lowest BCUT2D eigenvalue weighted by Gasteiger charge is -2.16. The minimum absolute atomic E-state index is 0.0831. The third-order valence-corrected chi connectivity index (χ3v) is 3.83. The minimum atomic E-state index is -1.12. The second-order valence-electron chi connectivity index (χ2n) is 5.06. The Balaban J connectivity index is 2.13. The Hall–Kier alpha value is -2.51. The lowest BCUT2D eigenvalue weighted by molar-refractivity contribution is -0.123. The Morgan fingerprint density at radius 3 is 2.31 bits per heavy atom. The number of nitrogens with one attached hydrogen (secondary N) is 1. The number of carbonyl (C=O) groups is 2. The van der Waals surface area contributed by atoms with Gasteiger partial charge in [0.05, 0.1) is 24.3 Å². The van der Waals surface area contributed by atoms with Crippen LogP contribution in [0.4, 0.5) is 5.82 Å². The van der Waals surface area contributed by atoms with Crippen molar-refractivity contribution in [3.8, 4) is 11.5 Å². The van der Waals surface area contributed by atoms with Crippen LogP contribution in [0.15, 0.2) is 30.5 Å². The number of carbonyl (C=O) groups excluding carboxylic acids is 2. The van der Waals surface area contributed by atoms with Crippen LogP contribution in [0, 0.1) is 0 Å². The molecular formula is C17H16Cl2N2O5. The summed E-state index contributed by atoms with van der Waals surface area (Å²) in [7, 11) is 2.83. The SMILES string of the molecule is COc1cccc(OC)c1C(=O)O[C@H](C)C(=O)Nc1ncc(Cl)cc1Cl. The average molecular weight is 399 g/mol. The van der Waals surface area contributed by atoms with E-state index in [0.29, 0.717) is 5.02 Å². The van der Waals surface area contributed by atoms with Crippen LogP contribution in [-0.2, 0) is 9.53 Å². The molecule has 2 aromatic rings. The molecule has 0 aliphatic carbocycles. The number of nitrogens with zero attached hydrogens (tertiary/aromatic N) is 1. The predicted molar refractivity (Wildman–Crippen MR) is 97.3 cm³/mol. The Kier molecular flexibility index (Phi) is 6.65. The molecule has 1 heterocycles. The molecule has 1 aromatic carbocycles. The molecular weight excluding hydrogens is 383 g/mol. The van der Waals surface area contributed by atoms with Crippen molar-refractivity contribution in [3.63, 3.8) is 0 Å². The van der Waals surface area contributed by atoms with Gasteiger partial charge >= 0.3 is 5.97 Å². The third kappa shape index (κ3) is 4.56. The molecule has 1 amide bonds. The Bertz CT molecular complexity index is 807. The molecule has 1 atom stereocenters. The van der Waals surface area contributed by atoms with Crippen LogP contribution < -0.4 is 14.8 Å². The minimum Gasteiger partial charge on any atom is -0.496 e. The van der Waals surface area contributed by atoms with E-state index in [2.05, 4.69) is 10.3 Å². The summed E-state index contributed by atoms with van der Waals surface area (Å²) in [5, 5.41) is 2.96. The first-order valence-corrected chi connectivity index (χ1v) is 8.16. The van der Waals surface area contributed by atoms with E-state index in [-0.39, 0.29) is 27.9 Å². The van der Waals surface area contributed by atoms with Gasteiger partial charge < -0.3 is 19.5 Å². The molecule has 0 radical (unpaired) electrons. The number of ether oxygens (including phenoxy) is 3. The second kappa shape index (κ2) is 8.73. The standard InChI is InChI=1S/C17H16Cl2N2O5/c1-9(16(22)21-15-11(19)7-10(18)8-20-15)26-17(23)14-12(24-2)5-4-6-13(14)25-3/h4-9H,1-3H3,(H,20,21,22)/t9-/m1/s1. The van der Waals surface area contributed by atoms with Gasteiger partial charge in [0.25, 0.3) is 5.91 Å². The maximum atomic E-state index is 12.5. The highest BCUT2D eigenvalue weighted by atomic mass is 35.5. The average Bonchev–Trinajstić information content (AvgIpc) is 2.62. The molecule has 9 heteroatoms. The monoisotopic (exact) mass is 398 g/mol. The van der Waals surface area contributed by atoms with Crippen LogP contribution in [0.25, 0.3) is 0 Å². The summed E-state index contributed by atoms with van der Waals surface area (Å²) in [5.41, 5.74) is 0.0831. The van der Waals surface area contributed by atoms with Crippen LogP contribution in [0.2, 0.25) is 10.0 Å². The van der Waals surface area contributed by atoms with Gasteiger partial charge in [-0.3, -0.25) is 4.79 Å². The fraction of sp³-hybridized carbons (Fsp3) is 0.235. The van der Waals surface area contributed by atoms with Gasteiger partial charge in [-0.05, 0) is 25.1 Å². The number of pyridine rings is 1. The Morgan fingerprint density at radius 2 is 1.77 bits per heavy atom. The number of methoxy groups -OCH3 is 2. The number of esters is 1. The molecule has 1 aromatic heterocycles. The Labute approximate surface area is 160 Å². The van der Waals surface area contributed by atoms with E-state index in [0.717, 1.165) is 0 Å². The number of anilines is 1. The molecule has 0 fully saturated rings. The molecule has 0 bridgehead atoms. The zero-order valence-corrected chi connectivity index (χ0v) is 15.7. The maximum absolute atomic E-state index is 12.5. The van der Waals surface area contributed by atoms with Crippen molar-refractivity contribution in [1.82, 2.24) is 4.98 Å². The summed E-state index contributed by atoms with van der Waals surface area (Å²) in [4.78, 5) is 28.6. The Morgan fingerprint density at radius 1 is 1.15 bits per heavy atom. The van der Waals surface area contributed by atoms with Gasteiger partial charge in [-0.1, -0.05) is 29.3 Å². The lowest BCUT2D eigenvalue weighted by Crippen LogP contribution is -2.30. The summed E-state index contributed by atoms with van der Waals surface area (Å²) >= 11 is 11.7. The van der Waals surface area contributed by atoms with Crippen molar-refractivity contribution in [2.24, 2.45) is 0 Å². The molecule has 0 saturated heterocycles. The topological polar surface area (TPSA) is 86.8 Å². The molecule has 1 N–H and O–H groups in total. The van der Waals surface area contributed by atoms with Crippen molar-refractivity contribution < 1.29 is 23.8 Å². The van der Waals surface area contributed by atoms with Crippen LogP contribution >= 0.6 is 23.2 Å². The van der Waals surface area contributed by atoms with E-state index >= 15 is 0 Å². The number of hydrogen-bond acceptors (Lipinski definition) is 6. The molecule has 7 nitrogen and oxygen atoms in total. The number of hydrogen-bond donors (Lipinski definition) is 1. The fourth-order valence-electron chi connectivity index (χ4n) is 2.05. The van der Waals surface area contributed by atoms with Crippen molar-refractivity contribution in [1.29, 1.82) is 0 Å². The van der Waals surface area contributed by atoms with Gasteiger partial charge in [-0.15, -0.1) is 0 Å². The summed E-state index contributed by atoms with van der Waals surface area (Å²) in [6.07, 6.45) is 0.213. The summed E-state index contributed by atoms with van der Waals surface area (Å²) < 4.78 is 15.5. The highest BCUT2D eigenvalue weighted by Crippen LogP contribution is 2.29. The van der Waals surface area contributed by atoms with Crippen molar-refractivity contribution >= 4 is 40.9 Å². The quantitative estimate of drug-likeness (QED) is 0.748. The number of rotatable bonds is 6. The van der Waals surface area contributed by atoms with Crippen molar-refractivity contribution in [2.75, 3.05) is 19.5 Å². The van der Waals surface area contributed by atoms with Crippen LogP contribution in [0.1, 0.15) is 17.3 Å². The van der Waals surface area contributed by atoms with Crippen molar-refractivity contribution in [2.45, 2.75) is 13.0 Å². The zero-order valence-electron chi connectivity index (χ0n) is 14.2. The first-order chi connectivity index (χ1) is 12.4. The fourth-order valence-corrected chi connectivity index (χ4v) is 2.48. The number of aromatic nitrogens is 1. The molecule has 0 saturated carbocycles. The molecule has 0 aliphatic heterocycles. The molecule has 0 unspecified atom stereocenters. The van der Waals surface area contributed by atoms with Crippen LogP contribution in [0.3, 0.4) is 0 Å². The van der Waals surface area contributed by atoms with Gasteiger partial charge in [0.1, 0.15) is 17.1 Å². The van der Waals surface area contributed by atoms with Gasteiger partial charge in [0.15, 0.2) is 11.9 Å². The van der Waals surface area contributed by atoms with Gasteiger partial charge in [0.2, 0.25) is 0 Å². The van der Waals surface area contributed by atoms with Gasteiger partial charge in [-0.2, -0.15) is 0 Å². The molecule has 26 heavy (non-hydrogen) atoms. The number of benzene rings is 1. The normalized spacial score (nSPS) is 11.4. The van der Waals surface area contributed by atoms with E-state index in [1.54, 1.807) is 18.2 Å². The first kappa shape index (κ1) is 19.8. The van der Waals surface area contributed by atoms with Gasteiger partial charge in [0, 0.05) is 6.20 Å². The van der Waals surface area contributed by atoms with E-state index < -0.39 is 18.0 Å². The summed E-state index contributed by atoms with van der Waals surface area (Å²) in [5.74, 6) is -0.728. The van der Waals surface area contributed by atoms with E-state index in [1.807, 2.05) is 0 Å². The number of amides is 1. The highest BCUT2D eigenvalue weighted by Gasteiger charge is 2.25. The summed E-state index contributed by atoms with van der Waals surface area (Å²) in [6, 6.07) is 6.27. The first-order valence-electron chi connectivity index (χ1n) is 7.41. The molecule has 138 valence electrons. The predicted octanol–water partition coefficient (Wildman–Crippen LogP) is 3.59. The molecule has 2 rings (SSSR count). The highest BCUT2D eigenvalue weighted by molar-refractivity contribution is 6.36. The zero-order chi connectivity index (χ0) is 19.3. The molecule has 0 spiro atoms. The smallest absolute Gasteiger partial charge is 0.346 e. The lowest BCUT2D eigenvalue weighted by atomic mass is 10.1. The van der Waals surface area contributed by atoms with E-state index in [4.69, 9.17) is 37.4 Å². The van der Waals surface area contributed by atoms with Crippen molar-refractivity contribution in [3.05, 3.63) is 46.1 Å². The second-order valence-corrected chi connectivity index (χ2v) is 5.90. The summed E-state index contributed by atoms with van der Waals surface area (Å²) in [6.45, 7) is 1.42. The van der Waals surface area contributed by atoms with Crippen LogP contribution in [-0.4, -0.2) is 37.2 Å². The van der Waals surface area contributed by atoms with E-state index in [9.17, 15) is 9.59 Å². The van der Waals surface area contributed by atoms with Gasteiger partial charge in [-0.25, -0.2) is 9.78 Å². The largest absolute Gasteiger partial charge is 0.496 e. The third-order valence-electron chi connectivity index (χ3n) is 3.33. The number of halogens is 2. The maximum Gasteiger partial charge on any atom is 0.346 e. The molecule has 0 aliphatic rings.